The van der Waals surface area contributed by atoms with Gasteiger partial charge in [0.2, 0.25) is 0 Å². The molecule has 96 valence electrons. The van der Waals surface area contributed by atoms with Crippen molar-refractivity contribution in [3.63, 3.8) is 0 Å². The van der Waals surface area contributed by atoms with Gasteiger partial charge in [0.15, 0.2) is 5.72 Å². The first-order chi connectivity index (χ1) is 7.52. The topological polar surface area (TPSA) is 54.2 Å². The molecule has 16 heavy (non-hydrogen) atoms. The molecule has 0 aliphatic rings. The summed E-state index contributed by atoms with van der Waals surface area (Å²) >= 11 is 0. The van der Waals surface area contributed by atoms with Crippen LogP contribution in [0.1, 0.15) is 52.9 Å². The quantitative estimate of drug-likeness (QED) is 0.488. The predicted molar refractivity (Wildman–Crippen MR) is 65.6 cm³/mol. The minimum absolute atomic E-state index is 0.00659. The third-order valence-electron chi connectivity index (χ3n) is 2.38. The van der Waals surface area contributed by atoms with Crippen LogP contribution in [-0.4, -0.2) is 30.6 Å². The van der Waals surface area contributed by atoms with Crippen molar-refractivity contribution >= 4 is 0 Å². The van der Waals surface area contributed by atoms with Crippen molar-refractivity contribution in [3.8, 4) is 0 Å². The Morgan fingerprint density at radius 3 is 2.56 bits per heavy atom. The van der Waals surface area contributed by atoms with Gasteiger partial charge in [-0.2, -0.15) is 10.2 Å². The van der Waals surface area contributed by atoms with Crippen molar-refractivity contribution in [2.75, 3.05) is 13.7 Å². The van der Waals surface area contributed by atoms with Gasteiger partial charge in [0, 0.05) is 7.11 Å². The molecule has 0 aromatic rings. The van der Waals surface area contributed by atoms with E-state index in [1.165, 1.54) is 12.8 Å². The lowest BCUT2D eigenvalue weighted by Gasteiger charge is -2.17. The molecule has 0 amide bonds. The van der Waals surface area contributed by atoms with Gasteiger partial charge in [-0.1, -0.05) is 26.2 Å². The van der Waals surface area contributed by atoms with Crippen molar-refractivity contribution < 1.29 is 9.84 Å². The molecule has 2 atom stereocenters. The number of hydrogen-bond donors (Lipinski definition) is 1. The highest BCUT2D eigenvalue weighted by molar-refractivity contribution is 4.68. The molecule has 0 rings (SSSR count). The molecule has 0 saturated carbocycles. The number of ether oxygens (including phenoxy) is 1. The van der Waals surface area contributed by atoms with Crippen molar-refractivity contribution in [2.45, 2.75) is 64.6 Å². The second-order valence-corrected chi connectivity index (χ2v) is 4.55. The fraction of sp³-hybridized carbons (Fsp3) is 1.00. The molecule has 0 radical (unpaired) electrons. The van der Waals surface area contributed by atoms with E-state index >= 15 is 0 Å². The van der Waals surface area contributed by atoms with Gasteiger partial charge in [-0.25, -0.2) is 0 Å². The van der Waals surface area contributed by atoms with Gasteiger partial charge in [-0.05, 0) is 26.7 Å². The van der Waals surface area contributed by atoms with Crippen LogP contribution in [0.25, 0.3) is 0 Å². The fourth-order valence-corrected chi connectivity index (χ4v) is 1.43. The molecule has 4 nitrogen and oxygen atoms in total. The van der Waals surface area contributed by atoms with E-state index in [-0.39, 0.29) is 6.04 Å². The first-order valence-electron chi connectivity index (χ1n) is 6.15. The Morgan fingerprint density at radius 1 is 1.31 bits per heavy atom. The fourth-order valence-electron chi connectivity index (χ4n) is 1.43. The van der Waals surface area contributed by atoms with Crippen LogP contribution in [0.15, 0.2) is 10.2 Å². The minimum Gasteiger partial charge on any atom is -0.382 e. The first kappa shape index (κ1) is 15.5. The van der Waals surface area contributed by atoms with E-state index in [4.69, 9.17) is 4.74 Å². The lowest BCUT2D eigenvalue weighted by atomic mass is 10.1. The van der Waals surface area contributed by atoms with Crippen LogP contribution >= 0.6 is 0 Å². The van der Waals surface area contributed by atoms with Gasteiger partial charge in [-0.3, -0.25) is 0 Å². The highest BCUT2D eigenvalue weighted by Crippen LogP contribution is 2.17. The lowest BCUT2D eigenvalue weighted by molar-refractivity contribution is 0.0468. The van der Waals surface area contributed by atoms with Crippen molar-refractivity contribution in [1.29, 1.82) is 0 Å². The van der Waals surface area contributed by atoms with E-state index in [2.05, 4.69) is 17.2 Å². The van der Waals surface area contributed by atoms with Gasteiger partial charge < -0.3 is 9.84 Å². The minimum atomic E-state index is -1.02. The molecule has 0 aliphatic heterocycles. The van der Waals surface area contributed by atoms with Crippen LogP contribution in [0.4, 0.5) is 0 Å². The van der Waals surface area contributed by atoms with Crippen LogP contribution in [0.5, 0.6) is 0 Å². The maximum atomic E-state index is 9.93. The second-order valence-electron chi connectivity index (χ2n) is 4.55. The van der Waals surface area contributed by atoms with E-state index in [0.29, 0.717) is 13.0 Å². The Kier molecular flexibility index (Phi) is 8.39. The van der Waals surface area contributed by atoms with Crippen LogP contribution in [0.3, 0.4) is 0 Å². The average molecular weight is 230 g/mol. The SMILES string of the molecule is CCCCCCC(C)(O)/N=N/C(C)COC. The summed E-state index contributed by atoms with van der Waals surface area (Å²) in [5.41, 5.74) is -1.02. The van der Waals surface area contributed by atoms with Gasteiger partial charge in [0.05, 0.1) is 12.6 Å². The maximum absolute atomic E-state index is 9.93. The third-order valence-corrected chi connectivity index (χ3v) is 2.38. The molecule has 0 aromatic heterocycles. The molecule has 0 spiro atoms. The zero-order chi connectivity index (χ0) is 12.4. The molecule has 4 heteroatoms. The van der Waals surface area contributed by atoms with E-state index in [9.17, 15) is 5.11 Å². The summed E-state index contributed by atoms with van der Waals surface area (Å²) in [5, 5.41) is 17.9. The number of azo groups is 1. The summed E-state index contributed by atoms with van der Waals surface area (Å²) in [6, 6.07) is 0.00659. The Bertz CT molecular complexity index is 193. The molecule has 2 unspecified atom stereocenters. The van der Waals surface area contributed by atoms with Crippen molar-refractivity contribution in [3.05, 3.63) is 0 Å². The number of methoxy groups -OCH3 is 1. The van der Waals surface area contributed by atoms with Crippen LogP contribution in [0.2, 0.25) is 0 Å². The highest BCUT2D eigenvalue weighted by Gasteiger charge is 2.18. The number of aliphatic hydroxyl groups is 1. The molecular weight excluding hydrogens is 204 g/mol. The maximum Gasteiger partial charge on any atom is 0.173 e. The molecule has 0 heterocycles. The van der Waals surface area contributed by atoms with Crippen molar-refractivity contribution in [2.24, 2.45) is 10.2 Å². The van der Waals surface area contributed by atoms with E-state index < -0.39 is 5.72 Å². The Hall–Kier alpha value is -0.480. The standard InChI is InChI=1S/C12H26N2O2/c1-5-6-7-8-9-12(3,15)14-13-11(2)10-16-4/h11,15H,5-10H2,1-4H3/b14-13+. The van der Waals surface area contributed by atoms with Crippen LogP contribution in [0, 0.1) is 0 Å². The molecule has 0 aliphatic carbocycles. The van der Waals surface area contributed by atoms with Crippen LogP contribution in [-0.2, 0) is 4.74 Å². The number of hydrogen-bond acceptors (Lipinski definition) is 4. The zero-order valence-electron chi connectivity index (χ0n) is 11.1. The van der Waals surface area contributed by atoms with Crippen LogP contribution < -0.4 is 0 Å². The zero-order valence-corrected chi connectivity index (χ0v) is 11.1. The molecular formula is C12H26N2O2. The average Bonchev–Trinajstić information content (AvgIpc) is 2.22. The number of rotatable bonds is 9. The van der Waals surface area contributed by atoms with Gasteiger partial charge >= 0.3 is 0 Å². The van der Waals surface area contributed by atoms with Gasteiger partial charge in [-0.15, -0.1) is 0 Å². The number of nitrogens with zero attached hydrogens (tertiary/aromatic N) is 2. The van der Waals surface area contributed by atoms with E-state index in [1.54, 1.807) is 14.0 Å². The smallest absolute Gasteiger partial charge is 0.173 e. The lowest BCUT2D eigenvalue weighted by Crippen LogP contribution is -2.21. The summed E-state index contributed by atoms with van der Waals surface area (Å²) in [6.07, 6.45) is 5.24. The summed E-state index contributed by atoms with van der Waals surface area (Å²) in [4.78, 5) is 0. The molecule has 0 bridgehead atoms. The normalized spacial score (nSPS) is 17.6. The molecule has 0 fully saturated rings. The van der Waals surface area contributed by atoms with Gasteiger partial charge in [0.1, 0.15) is 0 Å². The monoisotopic (exact) mass is 230 g/mol. The summed E-state index contributed by atoms with van der Waals surface area (Å²) in [7, 11) is 1.63. The first-order valence-corrected chi connectivity index (χ1v) is 6.15. The van der Waals surface area contributed by atoms with Gasteiger partial charge in [0.25, 0.3) is 0 Å². The largest absolute Gasteiger partial charge is 0.382 e. The highest BCUT2D eigenvalue weighted by atomic mass is 16.5. The van der Waals surface area contributed by atoms with E-state index in [1.807, 2.05) is 6.92 Å². The Morgan fingerprint density at radius 2 is 2.00 bits per heavy atom. The van der Waals surface area contributed by atoms with Crippen molar-refractivity contribution in [1.82, 2.24) is 0 Å². The molecule has 0 saturated heterocycles. The predicted octanol–water partition coefficient (Wildman–Crippen LogP) is 3.15. The second kappa shape index (κ2) is 8.65. The van der Waals surface area contributed by atoms with E-state index in [0.717, 1.165) is 12.8 Å². The summed E-state index contributed by atoms with van der Waals surface area (Å²) in [6.45, 7) is 6.34. The molecule has 0 aromatic carbocycles. The number of unbranched alkanes of at least 4 members (excludes halogenated alkanes) is 3. The third kappa shape index (κ3) is 8.80. The Labute approximate surface area is 99.1 Å². The Balaban J connectivity index is 3.83. The molecule has 1 N–H and O–H groups in total. The summed E-state index contributed by atoms with van der Waals surface area (Å²) in [5.74, 6) is 0. The summed E-state index contributed by atoms with van der Waals surface area (Å²) < 4.78 is 4.95.